The van der Waals surface area contributed by atoms with Gasteiger partial charge in [-0.2, -0.15) is 0 Å². The lowest BCUT2D eigenvalue weighted by molar-refractivity contribution is 0.569. The van der Waals surface area contributed by atoms with Gasteiger partial charge in [0.05, 0.1) is 8.07 Å². The van der Waals surface area contributed by atoms with Crippen molar-refractivity contribution in [2.45, 2.75) is 97.3 Å². The maximum atomic E-state index is 2.67. The number of hydrogen-bond donors (Lipinski definition) is 0. The number of aryl methyl sites for hydroxylation is 2. The van der Waals surface area contributed by atoms with E-state index in [-0.39, 0.29) is 10.8 Å². The zero-order valence-electron chi connectivity index (χ0n) is 26.2. The minimum absolute atomic E-state index is 0.104. The molecule has 0 saturated heterocycles. The molecule has 0 radical (unpaired) electrons. The Kier molecular flexibility index (Phi) is 6.39. The normalized spacial score (nSPS) is 17.2. The van der Waals surface area contributed by atoms with E-state index in [2.05, 4.69) is 130 Å². The number of allylic oxidation sites excluding steroid dienone is 1. The van der Waals surface area contributed by atoms with Crippen LogP contribution in [0.5, 0.6) is 0 Å². The van der Waals surface area contributed by atoms with Crippen LogP contribution in [0.1, 0.15) is 101 Å². The van der Waals surface area contributed by atoms with Crippen LogP contribution in [0, 0.1) is 13.8 Å². The van der Waals surface area contributed by atoms with E-state index in [0.717, 1.165) is 0 Å². The maximum Gasteiger partial charge on any atom is 0.0747 e. The molecule has 40 heavy (non-hydrogen) atoms. The van der Waals surface area contributed by atoms with Crippen molar-refractivity contribution in [2.24, 2.45) is 0 Å². The van der Waals surface area contributed by atoms with Crippen molar-refractivity contribution in [3.8, 4) is 22.3 Å². The maximum absolute atomic E-state index is 2.67. The molecule has 2 aliphatic rings. The molecule has 0 spiro atoms. The highest BCUT2D eigenvalue weighted by Gasteiger charge is 2.50. The number of fused-ring (bicyclic) bond motifs is 4. The summed E-state index contributed by atoms with van der Waals surface area (Å²) in [6.45, 7) is 26.3. The first-order valence-electron chi connectivity index (χ1n) is 14.8. The smallest absolute Gasteiger partial charge is 0.0747 e. The quantitative estimate of drug-likeness (QED) is 0.211. The first-order chi connectivity index (χ1) is 18.6. The Labute approximate surface area is 251 Å². The van der Waals surface area contributed by atoms with Gasteiger partial charge in [0.2, 0.25) is 0 Å². The van der Waals surface area contributed by atoms with Crippen molar-refractivity contribution >= 4 is 36.8 Å². The Bertz CT molecular complexity index is 1600. The molecule has 0 fully saturated rings. The Morgan fingerprint density at radius 3 is 1.68 bits per heavy atom. The molecule has 4 aromatic rings. The second-order valence-electron chi connectivity index (χ2n) is 15.0. The van der Waals surface area contributed by atoms with E-state index in [1.807, 2.05) is 22.7 Å². The third-order valence-electron chi connectivity index (χ3n) is 9.32. The molecule has 0 bridgehead atoms. The van der Waals surface area contributed by atoms with E-state index in [4.69, 9.17) is 0 Å². The summed E-state index contributed by atoms with van der Waals surface area (Å²) in [5, 5.41) is 0. The van der Waals surface area contributed by atoms with Crippen molar-refractivity contribution in [2.75, 3.05) is 0 Å². The fourth-order valence-corrected chi connectivity index (χ4v) is 15.9. The van der Waals surface area contributed by atoms with Gasteiger partial charge in [-0.3, -0.25) is 0 Å². The molecule has 0 nitrogen and oxygen atoms in total. The fourth-order valence-electron chi connectivity index (χ4n) is 7.32. The van der Waals surface area contributed by atoms with Gasteiger partial charge >= 0.3 is 0 Å². The van der Waals surface area contributed by atoms with Gasteiger partial charge in [0.25, 0.3) is 0 Å². The minimum atomic E-state index is -1.88. The van der Waals surface area contributed by atoms with Gasteiger partial charge < -0.3 is 0 Å². The fraction of sp³-hybridized carbons (Fsp3) is 0.405. The molecule has 0 saturated carbocycles. The van der Waals surface area contributed by atoms with E-state index in [1.54, 1.807) is 20.9 Å². The first kappa shape index (κ1) is 27.9. The van der Waals surface area contributed by atoms with E-state index < -0.39 is 8.07 Å². The minimum Gasteiger partial charge on any atom is -0.145 e. The lowest BCUT2D eigenvalue weighted by Gasteiger charge is -2.37. The van der Waals surface area contributed by atoms with Crippen LogP contribution in [0.4, 0.5) is 0 Å². The molecule has 208 valence electrons. The average Bonchev–Trinajstić information content (AvgIpc) is 3.55. The molecule has 2 heterocycles. The zero-order chi connectivity index (χ0) is 28.9. The van der Waals surface area contributed by atoms with Crippen LogP contribution in [0.25, 0.3) is 28.3 Å². The first-order valence-corrected chi connectivity index (χ1v) is 19.5. The lowest BCUT2D eigenvalue weighted by atomic mass is 9.78. The highest BCUT2D eigenvalue weighted by molar-refractivity contribution is 7.16. The molecule has 0 amide bonds. The standard InChI is InChI=1S/C37H44S2Si/c1-21-15-29-27(24-18-25(36(4,5)6)20-26(19-24)37(7,8)9)13-12-14-28(29)34(21)40(10,11)35-32-30(16-22(2)38-32)31-17-23(3)39-33(31)35/h12-20,34-35H,1-11H3. The Morgan fingerprint density at radius 1 is 0.650 bits per heavy atom. The van der Waals surface area contributed by atoms with Crippen LogP contribution in [0.2, 0.25) is 13.1 Å². The van der Waals surface area contributed by atoms with E-state index in [0.29, 0.717) is 11.1 Å². The van der Waals surface area contributed by atoms with Gasteiger partial charge in [-0.15, -0.1) is 22.7 Å². The summed E-state index contributed by atoms with van der Waals surface area (Å²) < 4.78 is 0. The van der Waals surface area contributed by atoms with E-state index in [1.165, 1.54) is 48.7 Å². The molecule has 1 atom stereocenters. The van der Waals surface area contributed by atoms with Gasteiger partial charge in [-0.05, 0) is 88.2 Å². The van der Waals surface area contributed by atoms with Gasteiger partial charge in [0.1, 0.15) is 0 Å². The van der Waals surface area contributed by atoms with Crippen LogP contribution >= 0.6 is 22.7 Å². The number of thiophene rings is 2. The third kappa shape index (κ3) is 4.35. The molecule has 0 N–H and O–H groups in total. The Hall–Kier alpha value is -2.20. The summed E-state index contributed by atoms with van der Waals surface area (Å²) in [5.74, 6) is 0. The molecular weight excluding hydrogens is 537 g/mol. The predicted molar refractivity (Wildman–Crippen MR) is 182 cm³/mol. The summed E-state index contributed by atoms with van der Waals surface area (Å²) in [6.07, 6.45) is 2.54. The molecule has 1 unspecified atom stereocenters. The largest absolute Gasteiger partial charge is 0.145 e. The number of rotatable bonds is 3. The van der Waals surface area contributed by atoms with Crippen molar-refractivity contribution in [3.63, 3.8) is 0 Å². The molecule has 2 aliphatic carbocycles. The van der Waals surface area contributed by atoms with Crippen molar-refractivity contribution < 1.29 is 0 Å². The molecule has 6 rings (SSSR count). The SMILES string of the molecule is CC1=Cc2c(-c3cc(C(C)(C)C)cc(C(C)(C)C)c3)cccc2C1[Si](C)(C)C1c2sc(C)cc2-c2cc(C)sc21. The second kappa shape index (κ2) is 9.15. The van der Waals surface area contributed by atoms with Crippen LogP contribution < -0.4 is 0 Å². The van der Waals surface area contributed by atoms with Gasteiger partial charge in [0, 0.05) is 30.6 Å². The summed E-state index contributed by atoms with van der Waals surface area (Å²) in [7, 11) is -1.88. The summed E-state index contributed by atoms with van der Waals surface area (Å²) >= 11 is 4.10. The summed E-state index contributed by atoms with van der Waals surface area (Å²) in [5.41, 5.74) is 14.5. The second-order valence-corrected chi connectivity index (χ2v) is 22.3. The lowest BCUT2D eigenvalue weighted by Crippen LogP contribution is -2.41. The van der Waals surface area contributed by atoms with Gasteiger partial charge in [-0.25, -0.2) is 0 Å². The van der Waals surface area contributed by atoms with Crippen molar-refractivity contribution in [1.82, 2.24) is 0 Å². The monoisotopic (exact) mass is 580 g/mol. The van der Waals surface area contributed by atoms with Gasteiger partial charge in [-0.1, -0.05) is 103 Å². The van der Waals surface area contributed by atoms with Crippen LogP contribution in [0.15, 0.2) is 54.1 Å². The van der Waals surface area contributed by atoms with Crippen molar-refractivity contribution in [3.05, 3.63) is 95.9 Å². The molecule has 3 heteroatoms. The van der Waals surface area contributed by atoms with Crippen LogP contribution in [-0.4, -0.2) is 8.07 Å². The molecular formula is C37H44S2Si. The summed E-state index contributed by atoms with van der Waals surface area (Å²) in [4.78, 5) is 6.18. The van der Waals surface area contributed by atoms with Crippen molar-refractivity contribution in [1.29, 1.82) is 0 Å². The molecule has 2 aromatic carbocycles. The van der Waals surface area contributed by atoms with E-state index in [9.17, 15) is 0 Å². The number of hydrogen-bond acceptors (Lipinski definition) is 2. The Morgan fingerprint density at radius 2 is 1.18 bits per heavy atom. The topological polar surface area (TPSA) is 0 Å². The highest BCUT2D eigenvalue weighted by Crippen LogP contribution is 2.59. The molecule has 2 aromatic heterocycles. The molecule has 0 aliphatic heterocycles. The van der Waals surface area contributed by atoms with Crippen LogP contribution in [0.3, 0.4) is 0 Å². The number of benzene rings is 2. The van der Waals surface area contributed by atoms with Gasteiger partial charge in [0.15, 0.2) is 0 Å². The highest BCUT2D eigenvalue weighted by atomic mass is 32.1. The summed E-state index contributed by atoms with van der Waals surface area (Å²) in [6, 6.07) is 19.4. The zero-order valence-corrected chi connectivity index (χ0v) is 28.8. The van der Waals surface area contributed by atoms with E-state index >= 15 is 0 Å². The Balaban J connectivity index is 1.50. The third-order valence-corrected chi connectivity index (χ3v) is 16.3. The van der Waals surface area contributed by atoms with Crippen LogP contribution in [-0.2, 0) is 10.8 Å². The predicted octanol–water partition coefficient (Wildman–Crippen LogP) is 11.8. The average molecular weight is 581 g/mol.